The van der Waals surface area contributed by atoms with E-state index in [1.54, 1.807) is 65.7 Å². The number of rotatable bonds is 5. The number of nitrogens with zero attached hydrogens (tertiary/aromatic N) is 4. The van der Waals surface area contributed by atoms with Gasteiger partial charge >= 0.3 is 0 Å². The molecule has 9 heteroatoms. The van der Waals surface area contributed by atoms with Crippen LogP contribution in [-0.2, 0) is 10.0 Å². The first-order valence-corrected chi connectivity index (χ1v) is 12.4. The molecule has 2 heterocycles. The molecule has 0 unspecified atom stereocenters. The third-order valence-electron chi connectivity index (χ3n) is 5.76. The summed E-state index contributed by atoms with van der Waals surface area (Å²) in [5.41, 5.74) is 2.01. The second kappa shape index (κ2) is 9.41. The number of hydrogen-bond acceptors (Lipinski definition) is 5. The summed E-state index contributed by atoms with van der Waals surface area (Å²) < 4.78 is 27.0. The van der Waals surface area contributed by atoms with Crippen LogP contribution < -0.4 is 9.21 Å². The van der Waals surface area contributed by atoms with E-state index in [0.29, 0.717) is 42.5 Å². The fourth-order valence-corrected chi connectivity index (χ4v) is 5.00. The van der Waals surface area contributed by atoms with Crippen LogP contribution >= 0.6 is 11.6 Å². The molecule has 0 bridgehead atoms. The first kappa shape index (κ1) is 23.1. The Morgan fingerprint density at radius 3 is 2.15 bits per heavy atom. The van der Waals surface area contributed by atoms with E-state index in [1.807, 2.05) is 13.0 Å². The number of amides is 1. The number of aromatic nitrogens is 1. The van der Waals surface area contributed by atoms with Crippen molar-refractivity contribution in [3.63, 3.8) is 0 Å². The summed E-state index contributed by atoms with van der Waals surface area (Å²) in [6, 6.07) is 17.1. The number of benzene rings is 2. The topological polar surface area (TPSA) is 73.8 Å². The Morgan fingerprint density at radius 2 is 1.58 bits per heavy atom. The zero-order valence-electron chi connectivity index (χ0n) is 18.5. The van der Waals surface area contributed by atoms with E-state index in [-0.39, 0.29) is 10.8 Å². The predicted octanol–water partition coefficient (Wildman–Crippen LogP) is 3.83. The lowest BCUT2D eigenvalue weighted by Crippen LogP contribution is -2.49. The summed E-state index contributed by atoms with van der Waals surface area (Å²) in [6.45, 7) is 4.41. The van der Waals surface area contributed by atoms with Crippen LogP contribution in [0.4, 0.5) is 11.5 Å². The Bertz CT molecular complexity index is 1220. The molecule has 1 amide bonds. The van der Waals surface area contributed by atoms with E-state index in [0.717, 1.165) is 11.4 Å². The summed E-state index contributed by atoms with van der Waals surface area (Å²) in [5, 5.41) is 0.591. The molecule has 3 aromatic rings. The number of anilines is 2. The Labute approximate surface area is 199 Å². The number of aryl methyl sites for hydroxylation is 1. The predicted molar refractivity (Wildman–Crippen MR) is 131 cm³/mol. The molecule has 0 atom stereocenters. The second-order valence-corrected chi connectivity index (χ2v) is 10.4. The maximum atomic E-state index is 13.0. The Kier molecular flexibility index (Phi) is 6.58. The van der Waals surface area contributed by atoms with Gasteiger partial charge in [0.05, 0.1) is 15.6 Å². The molecular weight excluding hydrogens is 460 g/mol. The van der Waals surface area contributed by atoms with Crippen molar-refractivity contribution in [1.29, 1.82) is 0 Å². The first-order chi connectivity index (χ1) is 15.8. The van der Waals surface area contributed by atoms with Crippen molar-refractivity contribution in [2.24, 2.45) is 0 Å². The first-order valence-electron chi connectivity index (χ1n) is 10.6. The van der Waals surface area contributed by atoms with Crippen LogP contribution in [0.2, 0.25) is 5.02 Å². The molecule has 0 radical (unpaired) electrons. The monoisotopic (exact) mass is 484 g/mol. The zero-order chi connectivity index (χ0) is 23.6. The number of pyridine rings is 1. The van der Waals surface area contributed by atoms with E-state index in [4.69, 9.17) is 11.6 Å². The van der Waals surface area contributed by atoms with Gasteiger partial charge in [0.1, 0.15) is 5.82 Å². The fourth-order valence-electron chi connectivity index (χ4n) is 3.70. The van der Waals surface area contributed by atoms with Gasteiger partial charge in [-0.3, -0.25) is 9.10 Å². The smallest absolute Gasteiger partial charge is 0.264 e. The zero-order valence-corrected chi connectivity index (χ0v) is 20.1. The van der Waals surface area contributed by atoms with E-state index >= 15 is 0 Å². The van der Waals surface area contributed by atoms with Crippen molar-refractivity contribution in [2.75, 3.05) is 42.4 Å². The van der Waals surface area contributed by atoms with Crippen molar-refractivity contribution in [3.8, 4) is 0 Å². The highest BCUT2D eigenvalue weighted by molar-refractivity contribution is 7.92. The van der Waals surface area contributed by atoms with Gasteiger partial charge in [0, 0.05) is 45.0 Å². The van der Waals surface area contributed by atoms with Crippen molar-refractivity contribution >= 4 is 39.0 Å². The largest absolute Gasteiger partial charge is 0.353 e. The highest BCUT2D eigenvalue weighted by Crippen LogP contribution is 2.23. The molecule has 0 saturated carbocycles. The van der Waals surface area contributed by atoms with Crippen molar-refractivity contribution in [1.82, 2.24) is 9.88 Å². The number of piperazine rings is 1. The van der Waals surface area contributed by atoms with Gasteiger partial charge in [0.2, 0.25) is 0 Å². The molecule has 1 aliphatic heterocycles. The van der Waals surface area contributed by atoms with Gasteiger partial charge in [-0.15, -0.1) is 0 Å². The van der Waals surface area contributed by atoms with Gasteiger partial charge in [-0.05, 0) is 55.5 Å². The lowest BCUT2D eigenvalue weighted by atomic mass is 10.1. The molecule has 2 aromatic carbocycles. The Morgan fingerprint density at radius 1 is 0.939 bits per heavy atom. The second-order valence-electron chi connectivity index (χ2n) is 7.95. The minimum atomic E-state index is -3.68. The third kappa shape index (κ3) is 4.96. The van der Waals surface area contributed by atoms with Crippen LogP contribution in [0.3, 0.4) is 0 Å². The lowest BCUT2D eigenvalue weighted by molar-refractivity contribution is 0.0746. The van der Waals surface area contributed by atoms with Crippen LogP contribution in [0.15, 0.2) is 71.8 Å². The average molecular weight is 485 g/mol. The molecule has 1 fully saturated rings. The number of carbonyl (C=O) groups excluding carboxylic acids is 1. The average Bonchev–Trinajstić information content (AvgIpc) is 2.84. The minimum absolute atomic E-state index is 0.0747. The molecule has 33 heavy (non-hydrogen) atoms. The fraction of sp³-hybridized carbons (Fsp3) is 0.250. The minimum Gasteiger partial charge on any atom is -0.353 e. The maximum Gasteiger partial charge on any atom is 0.264 e. The molecule has 1 aliphatic rings. The summed E-state index contributed by atoms with van der Waals surface area (Å²) in [5.74, 6) is 0.767. The number of halogens is 1. The molecule has 0 aliphatic carbocycles. The van der Waals surface area contributed by atoms with Gasteiger partial charge in [-0.2, -0.15) is 0 Å². The Balaban J connectivity index is 1.41. The van der Waals surface area contributed by atoms with Gasteiger partial charge in [0.25, 0.3) is 15.9 Å². The van der Waals surface area contributed by atoms with Gasteiger partial charge < -0.3 is 9.80 Å². The molecule has 0 spiro atoms. The highest BCUT2D eigenvalue weighted by Gasteiger charge is 2.24. The molecule has 7 nitrogen and oxygen atoms in total. The summed E-state index contributed by atoms with van der Waals surface area (Å²) in [6.07, 6.45) is 1.62. The molecule has 0 N–H and O–H groups in total. The molecular formula is C24H25ClN4O3S. The maximum absolute atomic E-state index is 13.0. The molecule has 172 valence electrons. The van der Waals surface area contributed by atoms with E-state index in [1.165, 1.54) is 11.4 Å². The number of sulfonamides is 1. The summed E-state index contributed by atoms with van der Waals surface area (Å²) >= 11 is 5.91. The quantitative estimate of drug-likeness (QED) is 0.550. The van der Waals surface area contributed by atoms with Gasteiger partial charge in [-0.1, -0.05) is 29.3 Å². The molecule has 1 aromatic heterocycles. The van der Waals surface area contributed by atoms with Crippen molar-refractivity contribution < 1.29 is 13.2 Å². The van der Waals surface area contributed by atoms with E-state index in [2.05, 4.69) is 9.88 Å². The SMILES string of the molecule is Cc1ccc(S(=O)(=O)N(C)c2ccc(C(=O)N3CCN(c4ccc(Cl)cn4)CC3)cc2)cc1. The van der Waals surface area contributed by atoms with E-state index < -0.39 is 10.0 Å². The van der Waals surface area contributed by atoms with Gasteiger partial charge in [0.15, 0.2) is 0 Å². The lowest BCUT2D eigenvalue weighted by Gasteiger charge is -2.35. The van der Waals surface area contributed by atoms with Crippen LogP contribution in [0, 0.1) is 6.92 Å². The van der Waals surface area contributed by atoms with Gasteiger partial charge in [-0.25, -0.2) is 13.4 Å². The number of carbonyl (C=O) groups is 1. The highest BCUT2D eigenvalue weighted by atomic mass is 35.5. The van der Waals surface area contributed by atoms with Crippen LogP contribution in [0.1, 0.15) is 15.9 Å². The normalized spacial score (nSPS) is 14.3. The van der Waals surface area contributed by atoms with E-state index in [9.17, 15) is 13.2 Å². The van der Waals surface area contributed by atoms with Crippen LogP contribution in [0.5, 0.6) is 0 Å². The number of hydrogen-bond donors (Lipinski definition) is 0. The van der Waals surface area contributed by atoms with Crippen LogP contribution in [0.25, 0.3) is 0 Å². The summed E-state index contributed by atoms with van der Waals surface area (Å²) in [7, 11) is -2.17. The van der Waals surface area contributed by atoms with Crippen LogP contribution in [-0.4, -0.2) is 57.4 Å². The standard InChI is InChI=1S/C24H25ClN4O3S/c1-18-3-10-22(11-4-18)33(31,32)27(2)21-8-5-19(6-9-21)24(30)29-15-13-28(14-16-29)23-12-7-20(25)17-26-23/h3-12,17H,13-16H2,1-2H3. The van der Waals surface area contributed by atoms with Crippen molar-refractivity contribution in [2.45, 2.75) is 11.8 Å². The Hall–Kier alpha value is -3.10. The summed E-state index contributed by atoms with van der Waals surface area (Å²) in [4.78, 5) is 21.4. The molecule has 1 saturated heterocycles. The van der Waals surface area contributed by atoms with Crippen molar-refractivity contribution in [3.05, 3.63) is 83.0 Å². The molecule has 4 rings (SSSR count). The third-order valence-corrected chi connectivity index (χ3v) is 7.78.